The molecule has 32 heavy (non-hydrogen) atoms. The molecule has 0 spiro atoms. The minimum absolute atomic E-state index is 0.0207. The van der Waals surface area contributed by atoms with E-state index in [9.17, 15) is 14.4 Å². The molecular weight excluding hydrogens is 424 g/mol. The number of amides is 3. The highest BCUT2D eigenvalue weighted by molar-refractivity contribution is 7.09. The van der Waals surface area contributed by atoms with E-state index in [2.05, 4.69) is 21.6 Å². The fourth-order valence-electron chi connectivity index (χ4n) is 4.34. The summed E-state index contributed by atoms with van der Waals surface area (Å²) in [7, 11) is 0. The number of nitrogens with one attached hydrogen (secondary N) is 2. The number of thiophene rings is 1. The Labute approximate surface area is 192 Å². The van der Waals surface area contributed by atoms with Gasteiger partial charge in [-0.2, -0.15) is 0 Å². The van der Waals surface area contributed by atoms with E-state index >= 15 is 0 Å². The lowest BCUT2D eigenvalue weighted by Gasteiger charge is -2.30. The molecule has 2 saturated heterocycles. The Morgan fingerprint density at radius 1 is 1.09 bits per heavy atom. The lowest BCUT2D eigenvalue weighted by atomic mass is 9.96. The van der Waals surface area contributed by atoms with Gasteiger partial charge in [-0.3, -0.25) is 19.3 Å². The van der Waals surface area contributed by atoms with Crippen LogP contribution in [-0.4, -0.2) is 55.3 Å². The SMILES string of the molecule is O=C(CN1CCC(C(=O)NCCc2cccs2)CC1)Nc1cccc(N2CCCC2=O)c1. The van der Waals surface area contributed by atoms with Crippen LogP contribution in [0.15, 0.2) is 41.8 Å². The molecule has 170 valence electrons. The molecule has 3 amide bonds. The number of benzene rings is 1. The van der Waals surface area contributed by atoms with Crippen molar-refractivity contribution < 1.29 is 14.4 Å². The topological polar surface area (TPSA) is 81.8 Å². The van der Waals surface area contributed by atoms with Crippen molar-refractivity contribution in [2.24, 2.45) is 5.92 Å². The number of likely N-dealkylation sites (tertiary alicyclic amines) is 1. The lowest BCUT2D eigenvalue weighted by molar-refractivity contribution is -0.126. The maximum Gasteiger partial charge on any atom is 0.238 e. The van der Waals surface area contributed by atoms with Gasteiger partial charge in [-0.1, -0.05) is 12.1 Å². The highest BCUT2D eigenvalue weighted by Gasteiger charge is 2.26. The van der Waals surface area contributed by atoms with E-state index in [0.29, 0.717) is 25.2 Å². The summed E-state index contributed by atoms with van der Waals surface area (Å²) in [6.07, 6.45) is 3.86. The van der Waals surface area contributed by atoms with Crippen molar-refractivity contribution in [1.29, 1.82) is 0 Å². The van der Waals surface area contributed by atoms with Gasteiger partial charge < -0.3 is 15.5 Å². The third-order valence-corrected chi connectivity index (χ3v) is 7.03. The molecular formula is C24H30N4O3S. The van der Waals surface area contributed by atoms with Crippen LogP contribution in [-0.2, 0) is 20.8 Å². The first-order chi connectivity index (χ1) is 15.6. The predicted octanol–water partition coefficient (Wildman–Crippen LogP) is 2.88. The van der Waals surface area contributed by atoms with Crippen LogP contribution in [0.1, 0.15) is 30.6 Å². The molecule has 2 N–H and O–H groups in total. The van der Waals surface area contributed by atoms with Crippen LogP contribution in [0.2, 0.25) is 0 Å². The molecule has 0 aliphatic carbocycles. The van der Waals surface area contributed by atoms with Crippen LogP contribution in [0.4, 0.5) is 11.4 Å². The number of hydrogen-bond donors (Lipinski definition) is 2. The number of anilines is 2. The molecule has 1 aromatic carbocycles. The van der Waals surface area contributed by atoms with Crippen LogP contribution in [0.5, 0.6) is 0 Å². The number of nitrogens with zero attached hydrogens (tertiary/aromatic N) is 2. The summed E-state index contributed by atoms with van der Waals surface area (Å²) < 4.78 is 0. The Morgan fingerprint density at radius 3 is 2.66 bits per heavy atom. The predicted molar refractivity (Wildman–Crippen MR) is 127 cm³/mol. The third kappa shape index (κ3) is 5.95. The molecule has 2 aliphatic heterocycles. The third-order valence-electron chi connectivity index (χ3n) is 6.09. The molecule has 0 unspecified atom stereocenters. The van der Waals surface area contributed by atoms with E-state index in [1.54, 1.807) is 16.2 Å². The number of hydrogen-bond acceptors (Lipinski definition) is 5. The second-order valence-electron chi connectivity index (χ2n) is 8.42. The van der Waals surface area contributed by atoms with Crippen molar-refractivity contribution in [1.82, 2.24) is 10.2 Å². The quantitative estimate of drug-likeness (QED) is 0.643. The lowest BCUT2D eigenvalue weighted by Crippen LogP contribution is -2.43. The molecule has 4 rings (SSSR count). The standard InChI is InChI=1S/C24H30N4O3S/c29-22(26-19-4-1-5-20(16-19)28-12-2-7-23(28)30)17-27-13-9-18(10-14-27)24(31)25-11-8-21-6-3-15-32-21/h1,3-6,15-16,18H,2,7-14,17H2,(H,25,31)(H,26,29). The molecule has 3 heterocycles. The minimum atomic E-state index is -0.0752. The van der Waals surface area contributed by atoms with Gasteiger partial charge in [0, 0.05) is 41.7 Å². The summed E-state index contributed by atoms with van der Waals surface area (Å²) in [6.45, 7) is 3.17. The van der Waals surface area contributed by atoms with Crippen molar-refractivity contribution in [3.05, 3.63) is 46.7 Å². The number of carbonyl (C=O) groups excluding carboxylic acids is 3. The van der Waals surface area contributed by atoms with E-state index in [1.807, 2.05) is 35.7 Å². The Bertz CT molecular complexity index is 938. The van der Waals surface area contributed by atoms with Crippen molar-refractivity contribution in [2.45, 2.75) is 32.1 Å². The fourth-order valence-corrected chi connectivity index (χ4v) is 5.05. The highest BCUT2D eigenvalue weighted by atomic mass is 32.1. The van der Waals surface area contributed by atoms with E-state index < -0.39 is 0 Å². The molecule has 0 radical (unpaired) electrons. The van der Waals surface area contributed by atoms with Crippen LogP contribution >= 0.6 is 11.3 Å². The van der Waals surface area contributed by atoms with Gasteiger partial charge in [0.15, 0.2) is 0 Å². The maximum atomic E-state index is 12.5. The van der Waals surface area contributed by atoms with E-state index in [-0.39, 0.29) is 23.6 Å². The van der Waals surface area contributed by atoms with Gasteiger partial charge in [-0.25, -0.2) is 0 Å². The maximum absolute atomic E-state index is 12.5. The van der Waals surface area contributed by atoms with Crippen LogP contribution < -0.4 is 15.5 Å². The zero-order valence-electron chi connectivity index (χ0n) is 18.2. The van der Waals surface area contributed by atoms with E-state index in [4.69, 9.17) is 0 Å². The monoisotopic (exact) mass is 454 g/mol. The van der Waals surface area contributed by atoms with Gasteiger partial charge in [0.1, 0.15) is 0 Å². The molecule has 0 atom stereocenters. The van der Waals surface area contributed by atoms with Gasteiger partial charge in [-0.15, -0.1) is 11.3 Å². The fraction of sp³-hybridized carbons (Fsp3) is 0.458. The molecule has 2 aromatic rings. The van der Waals surface area contributed by atoms with Crippen LogP contribution in [0.3, 0.4) is 0 Å². The smallest absolute Gasteiger partial charge is 0.238 e. The first-order valence-corrected chi connectivity index (χ1v) is 12.2. The molecule has 0 bridgehead atoms. The van der Waals surface area contributed by atoms with Gasteiger partial charge in [0.2, 0.25) is 17.7 Å². The molecule has 2 fully saturated rings. The van der Waals surface area contributed by atoms with E-state index in [1.165, 1.54) is 4.88 Å². The van der Waals surface area contributed by atoms with Crippen LogP contribution in [0.25, 0.3) is 0 Å². The summed E-state index contributed by atoms with van der Waals surface area (Å²) in [6, 6.07) is 11.6. The largest absolute Gasteiger partial charge is 0.355 e. The summed E-state index contributed by atoms with van der Waals surface area (Å²) >= 11 is 1.71. The summed E-state index contributed by atoms with van der Waals surface area (Å²) in [4.78, 5) is 42.1. The van der Waals surface area contributed by atoms with E-state index in [0.717, 1.165) is 51.0 Å². The minimum Gasteiger partial charge on any atom is -0.355 e. The Hall–Kier alpha value is -2.71. The molecule has 7 nitrogen and oxygen atoms in total. The van der Waals surface area contributed by atoms with Crippen molar-refractivity contribution >= 4 is 40.4 Å². The normalized spacial score (nSPS) is 17.5. The van der Waals surface area contributed by atoms with Gasteiger partial charge in [-0.05, 0) is 68.4 Å². The van der Waals surface area contributed by atoms with Gasteiger partial charge >= 0.3 is 0 Å². The van der Waals surface area contributed by atoms with Crippen molar-refractivity contribution in [2.75, 3.05) is 42.9 Å². The summed E-state index contributed by atoms with van der Waals surface area (Å²) in [5, 5.41) is 8.05. The molecule has 1 aromatic heterocycles. The number of piperidine rings is 1. The van der Waals surface area contributed by atoms with Gasteiger partial charge in [0.25, 0.3) is 0 Å². The zero-order valence-corrected chi connectivity index (χ0v) is 19.0. The molecule has 2 aliphatic rings. The first kappa shape index (κ1) is 22.5. The first-order valence-electron chi connectivity index (χ1n) is 11.3. The molecule has 0 saturated carbocycles. The van der Waals surface area contributed by atoms with Gasteiger partial charge in [0.05, 0.1) is 6.54 Å². The van der Waals surface area contributed by atoms with Crippen molar-refractivity contribution in [3.8, 4) is 0 Å². The summed E-state index contributed by atoms with van der Waals surface area (Å²) in [5.41, 5.74) is 1.53. The second-order valence-corrected chi connectivity index (χ2v) is 9.45. The second kappa shape index (κ2) is 10.7. The number of carbonyl (C=O) groups is 3. The average molecular weight is 455 g/mol. The Balaban J connectivity index is 1.18. The van der Waals surface area contributed by atoms with Crippen LogP contribution in [0, 0.1) is 5.92 Å². The Morgan fingerprint density at radius 2 is 1.94 bits per heavy atom. The summed E-state index contributed by atoms with van der Waals surface area (Å²) in [5.74, 6) is 0.201. The molecule has 8 heteroatoms. The number of rotatable bonds is 8. The zero-order chi connectivity index (χ0) is 22.3. The Kier molecular flexibility index (Phi) is 7.55. The highest BCUT2D eigenvalue weighted by Crippen LogP contribution is 2.24. The van der Waals surface area contributed by atoms with Crippen molar-refractivity contribution in [3.63, 3.8) is 0 Å². The average Bonchev–Trinajstić information content (AvgIpc) is 3.46.